The van der Waals surface area contributed by atoms with Crippen molar-refractivity contribution in [3.05, 3.63) is 0 Å². The zero-order valence-corrected chi connectivity index (χ0v) is 12.2. The highest BCUT2D eigenvalue weighted by molar-refractivity contribution is 5.88. The zero-order valence-electron chi connectivity index (χ0n) is 12.2. The second-order valence-corrected chi connectivity index (χ2v) is 5.67. The van der Waals surface area contributed by atoms with Crippen molar-refractivity contribution in [1.29, 1.82) is 0 Å². The highest BCUT2D eigenvalue weighted by atomic mass is 16.5. The Kier molecular flexibility index (Phi) is 4.75. The Morgan fingerprint density at radius 2 is 2.17 bits per heavy atom. The standard InChI is InChI=1S/C13H27N3O2/c1-6-18-10-9-13(14,12(10,2)3)11(17)16(5)8-7-15-4/h10,15H,6-9,14H2,1-5H3. The van der Waals surface area contributed by atoms with Crippen molar-refractivity contribution in [2.24, 2.45) is 11.1 Å². The summed E-state index contributed by atoms with van der Waals surface area (Å²) in [5, 5.41) is 3.03. The molecule has 0 aromatic carbocycles. The third-order valence-corrected chi connectivity index (χ3v) is 4.26. The van der Waals surface area contributed by atoms with Crippen molar-refractivity contribution in [3.8, 4) is 0 Å². The highest BCUT2D eigenvalue weighted by Gasteiger charge is 2.63. The number of hydrogen-bond acceptors (Lipinski definition) is 4. The van der Waals surface area contributed by atoms with Crippen LogP contribution in [0.5, 0.6) is 0 Å². The van der Waals surface area contributed by atoms with Crippen LogP contribution in [0, 0.1) is 5.41 Å². The molecule has 106 valence electrons. The number of nitrogens with two attached hydrogens (primary N) is 1. The van der Waals surface area contributed by atoms with Gasteiger partial charge in [0.25, 0.3) is 0 Å². The Morgan fingerprint density at radius 1 is 1.56 bits per heavy atom. The van der Waals surface area contributed by atoms with E-state index in [0.717, 1.165) is 6.54 Å². The molecule has 0 aliphatic heterocycles. The average molecular weight is 257 g/mol. The summed E-state index contributed by atoms with van der Waals surface area (Å²) in [5.74, 6) is 0.0127. The second-order valence-electron chi connectivity index (χ2n) is 5.67. The molecule has 2 atom stereocenters. The largest absolute Gasteiger partial charge is 0.378 e. The molecule has 18 heavy (non-hydrogen) atoms. The van der Waals surface area contributed by atoms with E-state index >= 15 is 0 Å². The lowest BCUT2D eigenvalue weighted by molar-refractivity contribution is -0.178. The molecule has 1 aliphatic rings. The number of carbonyl (C=O) groups is 1. The van der Waals surface area contributed by atoms with Gasteiger partial charge in [0.05, 0.1) is 6.10 Å². The third kappa shape index (κ3) is 2.39. The van der Waals surface area contributed by atoms with Crippen molar-refractivity contribution in [2.45, 2.75) is 38.8 Å². The molecule has 3 N–H and O–H groups in total. The molecule has 0 spiro atoms. The first-order chi connectivity index (χ1) is 8.31. The van der Waals surface area contributed by atoms with Crippen LogP contribution in [0.25, 0.3) is 0 Å². The van der Waals surface area contributed by atoms with E-state index in [-0.39, 0.29) is 17.4 Å². The van der Waals surface area contributed by atoms with Crippen LogP contribution in [-0.2, 0) is 9.53 Å². The fraction of sp³-hybridized carbons (Fsp3) is 0.923. The molecule has 0 aromatic rings. The highest BCUT2D eigenvalue weighted by Crippen LogP contribution is 2.50. The predicted octanol–water partition coefficient (Wildman–Crippen LogP) is 0.197. The first-order valence-corrected chi connectivity index (χ1v) is 6.62. The van der Waals surface area contributed by atoms with Crippen LogP contribution in [-0.4, -0.2) is 56.2 Å². The van der Waals surface area contributed by atoms with Gasteiger partial charge in [0.1, 0.15) is 5.54 Å². The molecule has 1 amide bonds. The summed E-state index contributed by atoms with van der Waals surface area (Å²) < 4.78 is 5.64. The maximum atomic E-state index is 12.4. The molecular weight excluding hydrogens is 230 g/mol. The summed E-state index contributed by atoms with van der Waals surface area (Å²) in [5.41, 5.74) is 5.22. The number of amides is 1. The van der Waals surface area contributed by atoms with E-state index in [4.69, 9.17) is 10.5 Å². The first-order valence-electron chi connectivity index (χ1n) is 6.62. The topological polar surface area (TPSA) is 67.6 Å². The molecule has 1 saturated carbocycles. The van der Waals surface area contributed by atoms with Crippen molar-refractivity contribution in [1.82, 2.24) is 10.2 Å². The molecule has 0 heterocycles. The molecule has 0 saturated heterocycles. The molecule has 1 aliphatic carbocycles. The minimum atomic E-state index is -0.796. The summed E-state index contributed by atoms with van der Waals surface area (Å²) in [6, 6.07) is 0. The molecule has 5 heteroatoms. The number of rotatable bonds is 6. The SMILES string of the molecule is CCOC1CC(N)(C(=O)N(C)CCNC)C1(C)C. The summed E-state index contributed by atoms with van der Waals surface area (Å²) in [6.07, 6.45) is 0.686. The number of nitrogens with one attached hydrogen (secondary N) is 1. The number of nitrogens with zero attached hydrogens (tertiary/aromatic N) is 1. The van der Waals surface area contributed by atoms with Crippen LogP contribution in [0.4, 0.5) is 0 Å². The fourth-order valence-electron chi connectivity index (χ4n) is 2.52. The summed E-state index contributed by atoms with van der Waals surface area (Å²) in [6.45, 7) is 8.10. The van der Waals surface area contributed by atoms with Gasteiger partial charge < -0.3 is 20.7 Å². The Balaban J connectivity index is 2.68. The first kappa shape index (κ1) is 15.4. The number of ether oxygens (including phenoxy) is 1. The molecule has 0 bridgehead atoms. The van der Waals surface area contributed by atoms with Gasteiger partial charge in [-0.25, -0.2) is 0 Å². The van der Waals surface area contributed by atoms with Crippen LogP contribution >= 0.6 is 0 Å². The molecule has 1 fully saturated rings. The van der Waals surface area contributed by atoms with Gasteiger partial charge in [-0.05, 0) is 14.0 Å². The van der Waals surface area contributed by atoms with E-state index in [1.54, 1.807) is 11.9 Å². The van der Waals surface area contributed by atoms with Gasteiger partial charge in [-0.15, -0.1) is 0 Å². The maximum absolute atomic E-state index is 12.4. The molecule has 2 unspecified atom stereocenters. The van der Waals surface area contributed by atoms with Crippen LogP contribution in [0.1, 0.15) is 27.2 Å². The van der Waals surface area contributed by atoms with Crippen LogP contribution in [0.2, 0.25) is 0 Å². The van der Waals surface area contributed by atoms with Gasteiger partial charge in [0.15, 0.2) is 0 Å². The quantitative estimate of drug-likeness (QED) is 0.713. The molecule has 0 radical (unpaired) electrons. The lowest BCUT2D eigenvalue weighted by atomic mass is 9.54. The van der Waals surface area contributed by atoms with E-state index < -0.39 is 5.54 Å². The monoisotopic (exact) mass is 257 g/mol. The predicted molar refractivity (Wildman–Crippen MR) is 72.3 cm³/mol. The van der Waals surface area contributed by atoms with Gasteiger partial charge >= 0.3 is 0 Å². The Labute approximate surface area is 110 Å². The van der Waals surface area contributed by atoms with Gasteiger partial charge in [-0.1, -0.05) is 13.8 Å². The van der Waals surface area contributed by atoms with Crippen molar-refractivity contribution < 1.29 is 9.53 Å². The fourth-order valence-corrected chi connectivity index (χ4v) is 2.52. The van der Waals surface area contributed by atoms with Gasteiger partial charge in [0, 0.05) is 38.6 Å². The maximum Gasteiger partial charge on any atom is 0.243 e. The Hall–Kier alpha value is -0.650. The summed E-state index contributed by atoms with van der Waals surface area (Å²) in [4.78, 5) is 14.1. The lowest BCUT2D eigenvalue weighted by Crippen LogP contribution is -2.75. The average Bonchev–Trinajstić information content (AvgIpc) is 2.34. The van der Waals surface area contributed by atoms with E-state index in [1.165, 1.54) is 0 Å². The van der Waals surface area contributed by atoms with E-state index in [2.05, 4.69) is 5.32 Å². The van der Waals surface area contributed by atoms with Crippen molar-refractivity contribution in [3.63, 3.8) is 0 Å². The van der Waals surface area contributed by atoms with E-state index in [0.29, 0.717) is 19.6 Å². The van der Waals surface area contributed by atoms with Crippen LogP contribution < -0.4 is 11.1 Å². The van der Waals surface area contributed by atoms with Gasteiger partial charge in [0.2, 0.25) is 5.91 Å². The molecular formula is C13H27N3O2. The van der Waals surface area contributed by atoms with Crippen molar-refractivity contribution in [2.75, 3.05) is 33.8 Å². The number of carbonyl (C=O) groups excluding carboxylic acids is 1. The van der Waals surface area contributed by atoms with E-state index in [9.17, 15) is 4.79 Å². The normalized spacial score (nSPS) is 29.8. The second kappa shape index (κ2) is 5.55. The van der Waals surface area contributed by atoms with Gasteiger partial charge in [-0.2, -0.15) is 0 Å². The summed E-state index contributed by atoms with van der Waals surface area (Å²) >= 11 is 0. The van der Waals surface area contributed by atoms with Crippen molar-refractivity contribution >= 4 is 5.91 Å². The molecule has 1 rings (SSSR count). The van der Waals surface area contributed by atoms with Crippen LogP contribution in [0.3, 0.4) is 0 Å². The minimum absolute atomic E-state index is 0.0127. The Bertz CT molecular complexity index is 307. The van der Waals surface area contributed by atoms with Crippen LogP contribution in [0.15, 0.2) is 0 Å². The van der Waals surface area contributed by atoms with E-state index in [1.807, 2.05) is 27.8 Å². The Morgan fingerprint density at radius 3 is 2.61 bits per heavy atom. The van der Waals surface area contributed by atoms with Gasteiger partial charge in [-0.3, -0.25) is 4.79 Å². The molecule has 0 aromatic heterocycles. The zero-order chi connectivity index (χ0) is 14.0. The molecule has 5 nitrogen and oxygen atoms in total. The smallest absolute Gasteiger partial charge is 0.243 e. The lowest BCUT2D eigenvalue weighted by Gasteiger charge is -2.58. The third-order valence-electron chi connectivity index (χ3n) is 4.26. The number of likely N-dealkylation sites (N-methyl/N-ethyl adjacent to an activating group) is 2. The number of hydrogen-bond donors (Lipinski definition) is 2. The minimum Gasteiger partial charge on any atom is -0.378 e. The summed E-state index contributed by atoms with van der Waals surface area (Å²) in [7, 11) is 3.67.